The molecule has 0 N–H and O–H groups in total. The average molecular weight is 232 g/mol. The summed E-state index contributed by atoms with van der Waals surface area (Å²) in [6.45, 7) is 4.22. The Kier molecular flexibility index (Phi) is 2.88. The second-order valence-electron chi connectivity index (χ2n) is 4.74. The minimum atomic E-state index is -0.580. The third-order valence-corrected chi connectivity index (χ3v) is 2.83. The number of benzene rings is 1. The highest BCUT2D eigenvalue weighted by Crippen LogP contribution is 2.22. The molecule has 1 aromatic carbocycles. The summed E-state index contributed by atoms with van der Waals surface area (Å²) >= 11 is 0. The number of hydrogen-bond donors (Lipinski definition) is 0. The maximum atomic E-state index is 11.6. The molecule has 1 heterocycles. The van der Waals surface area contributed by atoms with Crippen molar-refractivity contribution in [2.45, 2.75) is 20.4 Å². The highest BCUT2D eigenvalue weighted by Gasteiger charge is 2.30. The SMILES string of the molecule is COC(=O)C(C)(C)Cn1ncc2ccccc21. The predicted molar refractivity (Wildman–Crippen MR) is 65.5 cm³/mol. The van der Waals surface area contributed by atoms with Crippen molar-refractivity contribution >= 4 is 16.9 Å². The van der Waals surface area contributed by atoms with E-state index >= 15 is 0 Å². The molecule has 0 saturated carbocycles. The first kappa shape index (κ1) is 11.6. The normalized spacial score (nSPS) is 11.7. The molecule has 4 nitrogen and oxygen atoms in total. The van der Waals surface area contributed by atoms with E-state index in [1.807, 2.05) is 49.0 Å². The second kappa shape index (κ2) is 4.20. The van der Waals surface area contributed by atoms with Gasteiger partial charge in [-0.3, -0.25) is 9.48 Å². The molecule has 2 aromatic rings. The highest BCUT2D eigenvalue weighted by molar-refractivity contribution is 5.79. The van der Waals surface area contributed by atoms with Crippen LogP contribution >= 0.6 is 0 Å². The smallest absolute Gasteiger partial charge is 0.313 e. The van der Waals surface area contributed by atoms with E-state index in [1.54, 1.807) is 0 Å². The molecule has 0 spiro atoms. The number of carbonyl (C=O) groups is 1. The Balaban J connectivity index is 2.33. The van der Waals surface area contributed by atoms with Gasteiger partial charge in [0.2, 0.25) is 0 Å². The number of fused-ring (bicyclic) bond motifs is 1. The molecule has 4 heteroatoms. The number of methoxy groups -OCH3 is 1. The number of esters is 1. The topological polar surface area (TPSA) is 44.1 Å². The van der Waals surface area contributed by atoms with Crippen molar-refractivity contribution in [2.75, 3.05) is 7.11 Å². The van der Waals surface area contributed by atoms with Gasteiger partial charge in [-0.1, -0.05) is 18.2 Å². The molecule has 0 saturated heterocycles. The van der Waals surface area contributed by atoms with Crippen LogP contribution in [0, 0.1) is 5.41 Å². The lowest BCUT2D eigenvalue weighted by molar-refractivity contribution is -0.151. The molecule has 0 aliphatic carbocycles. The summed E-state index contributed by atoms with van der Waals surface area (Å²) in [4.78, 5) is 11.6. The van der Waals surface area contributed by atoms with E-state index in [0.717, 1.165) is 10.9 Å². The maximum Gasteiger partial charge on any atom is 0.313 e. The summed E-state index contributed by atoms with van der Waals surface area (Å²) in [7, 11) is 1.41. The number of aromatic nitrogens is 2. The van der Waals surface area contributed by atoms with Gasteiger partial charge >= 0.3 is 5.97 Å². The van der Waals surface area contributed by atoms with Crippen LogP contribution in [-0.4, -0.2) is 22.9 Å². The molecule has 1 aromatic heterocycles. The summed E-state index contributed by atoms with van der Waals surface area (Å²) in [5, 5.41) is 5.38. The van der Waals surface area contributed by atoms with Crippen LogP contribution in [0.4, 0.5) is 0 Å². The Morgan fingerprint density at radius 2 is 2.12 bits per heavy atom. The first-order valence-corrected chi connectivity index (χ1v) is 5.53. The fraction of sp³-hybridized carbons (Fsp3) is 0.385. The fourth-order valence-corrected chi connectivity index (χ4v) is 1.87. The number of nitrogens with zero attached hydrogens (tertiary/aromatic N) is 2. The van der Waals surface area contributed by atoms with Crippen LogP contribution in [0.15, 0.2) is 30.5 Å². The largest absolute Gasteiger partial charge is 0.469 e. The molecule has 0 bridgehead atoms. The van der Waals surface area contributed by atoms with Crippen molar-refractivity contribution in [3.05, 3.63) is 30.5 Å². The number of ether oxygens (including phenoxy) is 1. The first-order valence-electron chi connectivity index (χ1n) is 5.53. The zero-order valence-electron chi connectivity index (χ0n) is 10.3. The average Bonchev–Trinajstić information content (AvgIpc) is 2.71. The van der Waals surface area contributed by atoms with E-state index in [4.69, 9.17) is 4.74 Å². The number of rotatable bonds is 3. The molecule has 0 amide bonds. The molecule has 0 fully saturated rings. The summed E-state index contributed by atoms with van der Waals surface area (Å²) in [5.41, 5.74) is 0.452. The number of hydrogen-bond acceptors (Lipinski definition) is 3. The summed E-state index contributed by atoms with van der Waals surface area (Å²) in [5.74, 6) is -0.225. The Morgan fingerprint density at radius 3 is 2.82 bits per heavy atom. The predicted octanol–water partition coefficient (Wildman–Crippen LogP) is 2.24. The van der Waals surface area contributed by atoms with E-state index in [1.165, 1.54) is 7.11 Å². The van der Waals surface area contributed by atoms with Crippen LogP contribution in [0.1, 0.15) is 13.8 Å². The Hall–Kier alpha value is -1.84. The van der Waals surface area contributed by atoms with Crippen LogP contribution in [0.2, 0.25) is 0 Å². The number of carbonyl (C=O) groups excluding carboxylic acids is 1. The minimum Gasteiger partial charge on any atom is -0.469 e. The van der Waals surface area contributed by atoms with Crippen LogP contribution in [0.5, 0.6) is 0 Å². The van der Waals surface area contributed by atoms with E-state index in [9.17, 15) is 4.79 Å². The van der Waals surface area contributed by atoms with Crippen molar-refractivity contribution in [3.8, 4) is 0 Å². The van der Waals surface area contributed by atoms with Gasteiger partial charge in [-0.05, 0) is 19.9 Å². The molecule has 0 radical (unpaired) electrons. The fourth-order valence-electron chi connectivity index (χ4n) is 1.87. The van der Waals surface area contributed by atoms with Crippen LogP contribution < -0.4 is 0 Å². The van der Waals surface area contributed by atoms with Crippen LogP contribution in [0.3, 0.4) is 0 Å². The van der Waals surface area contributed by atoms with E-state index in [2.05, 4.69) is 5.10 Å². The highest BCUT2D eigenvalue weighted by atomic mass is 16.5. The Bertz CT molecular complexity index is 543. The van der Waals surface area contributed by atoms with Gasteiger partial charge in [-0.2, -0.15) is 5.10 Å². The van der Waals surface area contributed by atoms with E-state index in [-0.39, 0.29) is 5.97 Å². The van der Waals surface area contributed by atoms with Gasteiger partial charge in [0.15, 0.2) is 0 Å². The Labute approximate surface area is 100 Å². The van der Waals surface area contributed by atoms with Crippen molar-refractivity contribution in [1.29, 1.82) is 0 Å². The zero-order chi connectivity index (χ0) is 12.5. The molecule has 90 valence electrons. The lowest BCUT2D eigenvalue weighted by Gasteiger charge is -2.21. The molecular weight excluding hydrogens is 216 g/mol. The Morgan fingerprint density at radius 1 is 1.41 bits per heavy atom. The molecule has 0 unspecified atom stereocenters. The van der Waals surface area contributed by atoms with Crippen molar-refractivity contribution < 1.29 is 9.53 Å². The maximum absolute atomic E-state index is 11.6. The van der Waals surface area contributed by atoms with Gasteiger partial charge < -0.3 is 4.74 Å². The van der Waals surface area contributed by atoms with Gasteiger partial charge in [-0.15, -0.1) is 0 Å². The summed E-state index contributed by atoms with van der Waals surface area (Å²) in [6.07, 6.45) is 1.81. The van der Waals surface area contributed by atoms with Gasteiger partial charge in [0.1, 0.15) is 0 Å². The summed E-state index contributed by atoms with van der Waals surface area (Å²) < 4.78 is 6.64. The van der Waals surface area contributed by atoms with Gasteiger partial charge in [0.25, 0.3) is 0 Å². The zero-order valence-corrected chi connectivity index (χ0v) is 10.3. The second-order valence-corrected chi connectivity index (χ2v) is 4.74. The van der Waals surface area contributed by atoms with Crippen LogP contribution in [0.25, 0.3) is 10.9 Å². The first-order chi connectivity index (χ1) is 8.04. The van der Waals surface area contributed by atoms with Crippen molar-refractivity contribution in [3.63, 3.8) is 0 Å². The molecule has 0 aliphatic heterocycles. The quantitative estimate of drug-likeness (QED) is 0.762. The molecule has 2 rings (SSSR count). The molecule has 17 heavy (non-hydrogen) atoms. The summed E-state index contributed by atoms with van der Waals surface area (Å²) in [6, 6.07) is 7.94. The monoisotopic (exact) mass is 232 g/mol. The lowest BCUT2D eigenvalue weighted by Crippen LogP contribution is -2.31. The molecule has 0 aliphatic rings. The third-order valence-electron chi connectivity index (χ3n) is 2.83. The standard InChI is InChI=1S/C13H16N2O2/c1-13(2,12(16)17-3)9-15-11-7-5-4-6-10(11)8-14-15/h4-8H,9H2,1-3H3. The van der Waals surface area contributed by atoms with Crippen molar-refractivity contribution in [2.24, 2.45) is 5.41 Å². The van der Waals surface area contributed by atoms with Gasteiger partial charge in [-0.25, -0.2) is 0 Å². The number of para-hydroxylation sites is 1. The van der Waals surface area contributed by atoms with E-state index < -0.39 is 5.41 Å². The third kappa shape index (κ3) is 2.16. The van der Waals surface area contributed by atoms with E-state index in [0.29, 0.717) is 6.54 Å². The molecule has 0 atom stereocenters. The molecular formula is C13H16N2O2. The minimum absolute atomic E-state index is 0.225. The lowest BCUT2D eigenvalue weighted by atomic mass is 9.94. The van der Waals surface area contributed by atoms with Gasteiger partial charge in [0.05, 0.1) is 30.8 Å². The van der Waals surface area contributed by atoms with Crippen molar-refractivity contribution in [1.82, 2.24) is 9.78 Å². The van der Waals surface area contributed by atoms with Crippen LogP contribution in [-0.2, 0) is 16.1 Å². The van der Waals surface area contributed by atoms with Gasteiger partial charge in [0, 0.05) is 5.39 Å².